The third-order valence-electron chi connectivity index (χ3n) is 3.47. The normalized spacial score (nSPS) is 14.6. The van der Waals surface area contributed by atoms with Crippen molar-refractivity contribution in [1.29, 1.82) is 0 Å². The molecule has 0 aliphatic carbocycles. The van der Waals surface area contributed by atoms with Crippen molar-refractivity contribution >= 4 is 11.6 Å². The van der Waals surface area contributed by atoms with Gasteiger partial charge in [0.15, 0.2) is 0 Å². The summed E-state index contributed by atoms with van der Waals surface area (Å²) >= 11 is 0. The third kappa shape index (κ3) is 3.04. The van der Waals surface area contributed by atoms with Crippen molar-refractivity contribution in [3.8, 4) is 0 Å². The van der Waals surface area contributed by atoms with E-state index in [1.807, 2.05) is 6.92 Å². The fourth-order valence-electron chi connectivity index (χ4n) is 2.51. The first kappa shape index (κ1) is 12.8. The molecule has 3 heterocycles. The highest BCUT2D eigenvalue weighted by Crippen LogP contribution is 2.20. The summed E-state index contributed by atoms with van der Waals surface area (Å²) < 4.78 is 0. The van der Waals surface area contributed by atoms with Gasteiger partial charge in [0, 0.05) is 37.7 Å². The van der Waals surface area contributed by atoms with Crippen molar-refractivity contribution in [1.82, 2.24) is 15.0 Å². The van der Waals surface area contributed by atoms with Crippen LogP contribution in [0.3, 0.4) is 0 Å². The lowest BCUT2D eigenvalue weighted by molar-refractivity contribution is 0.921. The summed E-state index contributed by atoms with van der Waals surface area (Å²) in [6, 6.07) is 4.28. The molecule has 104 valence electrons. The summed E-state index contributed by atoms with van der Waals surface area (Å²) in [5, 5.41) is 3.29. The fraction of sp³-hybridized carbons (Fsp3) is 0.400. The first-order valence-electron chi connectivity index (χ1n) is 7.04. The molecule has 0 spiro atoms. The van der Waals surface area contributed by atoms with E-state index < -0.39 is 0 Å². The van der Waals surface area contributed by atoms with Gasteiger partial charge in [-0.1, -0.05) is 0 Å². The Morgan fingerprint density at radius 3 is 2.80 bits per heavy atom. The summed E-state index contributed by atoms with van der Waals surface area (Å²) in [5.74, 6) is 1.89. The van der Waals surface area contributed by atoms with E-state index in [2.05, 4.69) is 37.3 Å². The smallest absolute Gasteiger partial charge is 0.144 e. The summed E-state index contributed by atoms with van der Waals surface area (Å²) in [6.45, 7) is 5.02. The quantitative estimate of drug-likeness (QED) is 0.923. The van der Waals surface area contributed by atoms with Gasteiger partial charge in [-0.2, -0.15) is 0 Å². The monoisotopic (exact) mass is 269 g/mol. The molecule has 0 saturated carbocycles. The van der Waals surface area contributed by atoms with Crippen LogP contribution in [0.4, 0.5) is 11.6 Å². The van der Waals surface area contributed by atoms with E-state index in [4.69, 9.17) is 0 Å². The number of hydrogen-bond acceptors (Lipinski definition) is 5. The van der Waals surface area contributed by atoms with Crippen LogP contribution in [0.1, 0.15) is 24.1 Å². The molecular formula is C15H19N5. The molecular weight excluding hydrogens is 250 g/mol. The Kier molecular flexibility index (Phi) is 3.76. The van der Waals surface area contributed by atoms with Crippen molar-refractivity contribution in [3.63, 3.8) is 0 Å². The topological polar surface area (TPSA) is 53.9 Å². The highest BCUT2D eigenvalue weighted by molar-refractivity contribution is 5.44. The molecule has 20 heavy (non-hydrogen) atoms. The molecule has 2 aromatic heterocycles. The maximum Gasteiger partial charge on any atom is 0.144 e. The van der Waals surface area contributed by atoms with E-state index in [0.717, 1.165) is 37.0 Å². The maximum atomic E-state index is 4.64. The van der Waals surface area contributed by atoms with Crippen LogP contribution in [-0.2, 0) is 6.54 Å². The van der Waals surface area contributed by atoms with Crippen LogP contribution in [0.5, 0.6) is 0 Å². The zero-order valence-electron chi connectivity index (χ0n) is 11.7. The van der Waals surface area contributed by atoms with Gasteiger partial charge in [0.1, 0.15) is 11.6 Å². The van der Waals surface area contributed by atoms with Crippen LogP contribution >= 0.6 is 0 Å². The van der Waals surface area contributed by atoms with Crippen molar-refractivity contribution < 1.29 is 0 Å². The average Bonchev–Trinajstić information content (AvgIpc) is 3.00. The van der Waals surface area contributed by atoms with Crippen molar-refractivity contribution in [3.05, 3.63) is 42.0 Å². The summed E-state index contributed by atoms with van der Waals surface area (Å²) in [7, 11) is 0. The largest absolute Gasteiger partial charge is 0.365 e. The van der Waals surface area contributed by atoms with Crippen LogP contribution in [0, 0.1) is 6.92 Å². The second kappa shape index (κ2) is 5.86. The van der Waals surface area contributed by atoms with Crippen molar-refractivity contribution in [2.45, 2.75) is 26.3 Å². The number of nitrogens with zero attached hydrogens (tertiary/aromatic N) is 4. The van der Waals surface area contributed by atoms with Gasteiger partial charge in [-0.3, -0.25) is 4.98 Å². The molecule has 0 radical (unpaired) electrons. The lowest BCUT2D eigenvalue weighted by atomic mass is 10.2. The molecule has 1 aliphatic rings. The molecule has 0 unspecified atom stereocenters. The molecule has 5 nitrogen and oxygen atoms in total. The van der Waals surface area contributed by atoms with Gasteiger partial charge in [0.2, 0.25) is 0 Å². The highest BCUT2D eigenvalue weighted by Gasteiger charge is 2.14. The number of nitrogens with one attached hydrogen (secondary N) is 1. The van der Waals surface area contributed by atoms with Gasteiger partial charge in [-0.15, -0.1) is 0 Å². The Bertz CT molecular complexity index is 564. The van der Waals surface area contributed by atoms with Crippen molar-refractivity contribution in [2.75, 3.05) is 23.3 Å². The molecule has 0 atom stereocenters. The lowest BCUT2D eigenvalue weighted by Gasteiger charge is -2.18. The van der Waals surface area contributed by atoms with E-state index in [1.165, 1.54) is 18.4 Å². The molecule has 0 amide bonds. The van der Waals surface area contributed by atoms with Gasteiger partial charge in [-0.05, 0) is 37.5 Å². The van der Waals surface area contributed by atoms with Gasteiger partial charge in [-0.25, -0.2) is 9.97 Å². The van der Waals surface area contributed by atoms with Gasteiger partial charge in [0.25, 0.3) is 0 Å². The molecule has 5 heteroatoms. The highest BCUT2D eigenvalue weighted by atomic mass is 15.2. The Labute approximate surface area is 119 Å². The Morgan fingerprint density at radius 2 is 2.05 bits per heavy atom. The maximum absolute atomic E-state index is 4.64. The van der Waals surface area contributed by atoms with Crippen LogP contribution in [-0.4, -0.2) is 28.0 Å². The van der Waals surface area contributed by atoms with Gasteiger partial charge in [0.05, 0.1) is 6.20 Å². The first-order chi connectivity index (χ1) is 9.81. The number of anilines is 2. The first-order valence-corrected chi connectivity index (χ1v) is 7.04. The minimum Gasteiger partial charge on any atom is -0.365 e. The Balaban J connectivity index is 1.72. The van der Waals surface area contributed by atoms with E-state index in [9.17, 15) is 0 Å². The Morgan fingerprint density at radius 1 is 1.20 bits per heavy atom. The fourth-order valence-corrected chi connectivity index (χ4v) is 2.51. The number of aromatic nitrogens is 3. The van der Waals surface area contributed by atoms with Gasteiger partial charge < -0.3 is 10.2 Å². The number of pyridine rings is 1. The summed E-state index contributed by atoms with van der Waals surface area (Å²) in [5.41, 5.74) is 2.29. The van der Waals surface area contributed by atoms with Crippen LogP contribution in [0.25, 0.3) is 0 Å². The standard InChI is InChI=1S/C15H19N5/c1-12-8-13(10-18-14-11-16-4-5-17-14)9-15(19-12)20-6-2-3-7-20/h4-5,8-9,11H,2-3,6-7,10H2,1H3,(H,17,18). The zero-order valence-corrected chi connectivity index (χ0v) is 11.7. The van der Waals surface area contributed by atoms with E-state index in [-0.39, 0.29) is 0 Å². The van der Waals surface area contributed by atoms with Crippen LogP contribution in [0.15, 0.2) is 30.7 Å². The SMILES string of the molecule is Cc1cc(CNc2cnccn2)cc(N2CCCC2)n1. The lowest BCUT2D eigenvalue weighted by Crippen LogP contribution is -2.19. The predicted octanol–water partition coefficient (Wildman–Crippen LogP) is 2.39. The molecule has 3 rings (SSSR count). The molecule has 1 saturated heterocycles. The molecule has 0 bridgehead atoms. The zero-order chi connectivity index (χ0) is 13.8. The second-order valence-corrected chi connectivity index (χ2v) is 5.11. The van der Waals surface area contributed by atoms with Crippen LogP contribution in [0.2, 0.25) is 0 Å². The number of rotatable bonds is 4. The van der Waals surface area contributed by atoms with E-state index >= 15 is 0 Å². The van der Waals surface area contributed by atoms with E-state index in [1.54, 1.807) is 18.6 Å². The predicted molar refractivity (Wildman–Crippen MR) is 79.8 cm³/mol. The minimum absolute atomic E-state index is 0.739. The number of hydrogen-bond donors (Lipinski definition) is 1. The van der Waals surface area contributed by atoms with E-state index in [0.29, 0.717) is 0 Å². The van der Waals surface area contributed by atoms with Gasteiger partial charge >= 0.3 is 0 Å². The molecule has 0 aromatic carbocycles. The van der Waals surface area contributed by atoms with Crippen molar-refractivity contribution in [2.24, 2.45) is 0 Å². The van der Waals surface area contributed by atoms with Crippen LogP contribution < -0.4 is 10.2 Å². The minimum atomic E-state index is 0.739. The summed E-state index contributed by atoms with van der Waals surface area (Å²) in [4.78, 5) is 15.3. The molecule has 1 fully saturated rings. The average molecular weight is 269 g/mol. The third-order valence-corrected chi connectivity index (χ3v) is 3.47. The number of aryl methyl sites for hydroxylation is 1. The second-order valence-electron chi connectivity index (χ2n) is 5.11. The molecule has 1 N–H and O–H groups in total. The molecule has 2 aromatic rings. The Hall–Kier alpha value is -2.17. The summed E-state index contributed by atoms with van der Waals surface area (Å²) in [6.07, 6.45) is 7.63. The molecule has 1 aliphatic heterocycles.